The van der Waals surface area contributed by atoms with Crippen molar-refractivity contribution in [2.45, 2.75) is 13.8 Å². The average molecular weight is 392 g/mol. The fourth-order valence-electron chi connectivity index (χ4n) is 2.51. The number of anilines is 1. The largest absolute Gasteiger partial charge is 0.486 e. The highest BCUT2D eigenvalue weighted by molar-refractivity contribution is 9.10. The Morgan fingerprint density at radius 3 is 2.46 bits per heavy atom. The Morgan fingerprint density at radius 1 is 1.17 bits per heavy atom. The second-order valence-corrected chi connectivity index (χ2v) is 6.39. The molecule has 2 aromatic rings. The van der Waals surface area contributed by atoms with Crippen LogP contribution < -0.4 is 19.5 Å². The third-order valence-corrected chi connectivity index (χ3v) is 4.32. The van der Waals surface area contributed by atoms with Gasteiger partial charge in [0.05, 0.1) is 5.69 Å². The first-order valence-electron chi connectivity index (χ1n) is 7.62. The van der Waals surface area contributed by atoms with E-state index in [4.69, 9.17) is 14.2 Å². The van der Waals surface area contributed by atoms with Gasteiger partial charge in [0.15, 0.2) is 18.1 Å². The van der Waals surface area contributed by atoms with Gasteiger partial charge in [0, 0.05) is 16.6 Å². The smallest absolute Gasteiger partial charge is 0.262 e. The Morgan fingerprint density at radius 2 is 1.79 bits per heavy atom. The van der Waals surface area contributed by atoms with Crippen LogP contribution in [0.2, 0.25) is 0 Å². The molecular weight excluding hydrogens is 374 g/mol. The summed E-state index contributed by atoms with van der Waals surface area (Å²) in [4.78, 5) is 12.2. The highest BCUT2D eigenvalue weighted by atomic mass is 79.9. The lowest BCUT2D eigenvalue weighted by molar-refractivity contribution is -0.118. The van der Waals surface area contributed by atoms with Gasteiger partial charge in [-0.15, -0.1) is 0 Å². The molecule has 0 saturated carbocycles. The van der Waals surface area contributed by atoms with Gasteiger partial charge in [-0.2, -0.15) is 0 Å². The van der Waals surface area contributed by atoms with E-state index in [1.54, 1.807) is 12.1 Å². The maximum absolute atomic E-state index is 12.2. The number of hydrogen-bond donors (Lipinski definition) is 1. The van der Waals surface area contributed by atoms with E-state index in [2.05, 4.69) is 21.2 Å². The van der Waals surface area contributed by atoms with Gasteiger partial charge in [0.1, 0.15) is 19.0 Å². The van der Waals surface area contributed by atoms with Crippen molar-refractivity contribution in [1.82, 2.24) is 0 Å². The van der Waals surface area contributed by atoms with Gasteiger partial charge in [-0.25, -0.2) is 0 Å². The molecule has 1 aliphatic rings. The number of carbonyl (C=O) groups is 1. The third kappa shape index (κ3) is 3.64. The molecule has 1 aliphatic heterocycles. The number of ether oxygens (including phenoxy) is 3. The molecule has 24 heavy (non-hydrogen) atoms. The van der Waals surface area contributed by atoms with Crippen LogP contribution in [0.1, 0.15) is 11.1 Å². The lowest BCUT2D eigenvalue weighted by Gasteiger charge is -2.20. The number of carbonyl (C=O) groups excluding carboxylic acids is 1. The molecule has 0 spiro atoms. The van der Waals surface area contributed by atoms with Gasteiger partial charge in [-0.1, -0.05) is 18.2 Å². The molecule has 3 rings (SSSR count). The normalized spacial score (nSPS) is 12.6. The van der Waals surface area contributed by atoms with Gasteiger partial charge in [0.25, 0.3) is 5.91 Å². The Labute approximate surface area is 149 Å². The van der Waals surface area contributed by atoms with Crippen LogP contribution in [0.25, 0.3) is 0 Å². The van der Waals surface area contributed by atoms with Gasteiger partial charge in [-0.05, 0) is 40.9 Å². The van der Waals surface area contributed by atoms with E-state index < -0.39 is 0 Å². The van der Waals surface area contributed by atoms with Crippen LogP contribution in [0, 0.1) is 13.8 Å². The second-order valence-electron chi connectivity index (χ2n) is 5.53. The van der Waals surface area contributed by atoms with E-state index in [1.165, 1.54) is 0 Å². The van der Waals surface area contributed by atoms with Crippen LogP contribution >= 0.6 is 15.9 Å². The van der Waals surface area contributed by atoms with Crippen molar-refractivity contribution in [3.05, 3.63) is 45.9 Å². The molecule has 126 valence electrons. The lowest BCUT2D eigenvalue weighted by Crippen LogP contribution is -2.21. The van der Waals surface area contributed by atoms with Crippen LogP contribution in [0.3, 0.4) is 0 Å². The van der Waals surface area contributed by atoms with Crippen LogP contribution in [-0.4, -0.2) is 25.7 Å². The fraction of sp³-hybridized carbons (Fsp3) is 0.278. The highest BCUT2D eigenvalue weighted by Crippen LogP contribution is 2.38. The summed E-state index contributed by atoms with van der Waals surface area (Å²) < 4.78 is 17.4. The summed E-state index contributed by atoms with van der Waals surface area (Å²) in [5.41, 5.74) is 2.63. The number of fused-ring (bicyclic) bond motifs is 1. The van der Waals surface area contributed by atoms with Gasteiger partial charge in [-0.3, -0.25) is 4.79 Å². The summed E-state index contributed by atoms with van der Waals surface area (Å²) in [5.74, 6) is 1.79. The Kier molecular flexibility index (Phi) is 4.94. The van der Waals surface area contributed by atoms with Crippen LogP contribution in [0.15, 0.2) is 34.8 Å². The van der Waals surface area contributed by atoms with Crippen molar-refractivity contribution < 1.29 is 19.0 Å². The van der Waals surface area contributed by atoms with E-state index in [0.29, 0.717) is 30.4 Å². The SMILES string of the molecule is Cc1cccc(C)c1OCC(=O)Nc1cc2c(cc1Br)OCCO2. The van der Waals surface area contributed by atoms with Crippen molar-refractivity contribution >= 4 is 27.5 Å². The average Bonchev–Trinajstić information content (AvgIpc) is 2.55. The molecule has 1 amide bonds. The van der Waals surface area contributed by atoms with Crippen molar-refractivity contribution in [2.24, 2.45) is 0 Å². The third-order valence-electron chi connectivity index (χ3n) is 3.66. The maximum Gasteiger partial charge on any atom is 0.262 e. The van der Waals surface area contributed by atoms with E-state index in [-0.39, 0.29) is 12.5 Å². The second kappa shape index (κ2) is 7.13. The number of benzene rings is 2. The number of amides is 1. The van der Waals surface area contributed by atoms with Crippen LogP contribution in [0.4, 0.5) is 5.69 Å². The molecular formula is C18H18BrNO4. The molecule has 0 unspecified atom stereocenters. The zero-order valence-electron chi connectivity index (χ0n) is 13.5. The van der Waals surface area contributed by atoms with E-state index >= 15 is 0 Å². The number of rotatable bonds is 4. The van der Waals surface area contributed by atoms with Crippen molar-refractivity contribution in [3.8, 4) is 17.2 Å². The fourth-order valence-corrected chi connectivity index (χ4v) is 2.93. The van der Waals surface area contributed by atoms with E-state index in [9.17, 15) is 4.79 Å². The van der Waals surface area contributed by atoms with Gasteiger partial charge in [0.2, 0.25) is 0 Å². The Bertz CT molecular complexity index is 756. The minimum Gasteiger partial charge on any atom is -0.486 e. The highest BCUT2D eigenvalue weighted by Gasteiger charge is 2.16. The van der Waals surface area contributed by atoms with E-state index in [0.717, 1.165) is 21.3 Å². The molecule has 5 nitrogen and oxygen atoms in total. The Balaban J connectivity index is 1.67. The summed E-state index contributed by atoms with van der Waals surface area (Å²) in [5, 5.41) is 2.82. The molecule has 0 aromatic heterocycles. The molecule has 1 heterocycles. The summed E-state index contributed by atoms with van der Waals surface area (Å²) >= 11 is 3.43. The molecule has 0 fully saturated rings. The standard InChI is InChI=1S/C18H18BrNO4/c1-11-4-3-5-12(2)18(11)24-10-17(21)20-14-9-16-15(8-13(14)19)22-6-7-23-16/h3-5,8-9H,6-7,10H2,1-2H3,(H,20,21). The first-order valence-corrected chi connectivity index (χ1v) is 8.42. The lowest BCUT2D eigenvalue weighted by atomic mass is 10.1. The predicted octanol–water partition coefficient (Wildman–Crippen LogP) is 3.85. The minimum absolute atomic E-state index is 0.0629. The summed E-state index contributed by atoms with van der Waals surface area (Å²) in [6.45, 7) is 4.87. The number of para-hydroxylation sites is 1. The van der Waals surface area contributed by atoms with Crippen molar-refractivity contribution in [2.75, 3.05) is 25.1 Å². The zero-order chi connectivity index (χ0) is 17.1. The Hall–Kier alpha value is -2.21. The summed E-state index contributed by atoms with van der Waals surface area (Å²) in [6.07, 6.45) is 0. The quantitative estimate of drug-likeness (QED) is 0.859. The number of nitrogens with one attached hydrogen (secondary N) is 1. The van der Waals surface area contributed by atoms with Crippen LogP contribution in [-0.2, 0) is 4.79 Å². The molecule has 0 saturated heterocycles. The summed E-state index contributed by atoms with van der Waals surface area (Å²) in [7, 11) is 0. The van der Waals surface area contributed by atoms with E-state index in [1.807, 2.05) is 32.0 Å². The maximum atomic E-state index is 12.2. The molecule has 0 radical (unpaired) electrons. The molecule has 0 bridgehead atoms. The monoisotopic (exact) mass is 391 g/mol. The first-order chi connectivity index (χ1) is 11.5. The predicted molar refractivity (Wildman–Crippen MR) is 95.2 cm³/mol. The van der Waals surface area contributed by atoms with Gasteiger partial charge >= 0.3 is 0 Å². The summed E-state index contributed by atoms with van der Waals surface area (Å²) in [6, 6.07) is 9.41. The van der Waals surface area contributed by atoms with Crippen molar-refractivity contribution in [1.29, 1.82) is 0 Å². The molecule has 6 heteroatoms. The zero-order valence-corrected chi connectivity index (χ0v) is 15.1. The molecule has 1 N–H and O–H groups in total. The van der Waals surface area contributed by atoms with Gasteiger partial charge < -0.3 is 19.5 Å². The first kappa shape index (κ1) is 16.6. The molecule has 2 aromatic carbocycles. The topological polar surface area (TPSA) is 56.8 Å². The minimum atomic E-state index is -0.241. The van der Waals surface area contributed by atoms with Crippen LogP contribution in [0.5, 0.6) is 17.2 Å². The number of halogens is 1. The van der Waals surface area contributed by atoms with Crippen molar-refractivity contribution in [3.63, 3.8) is 0 Å². The molecule has 0 aliphatic carbocycles. The number of hydrogen-bond acceptors (Lipinski definition) is 4. The number of aryl methyl sites for hydroxylation is 2. The molecule has 0 atom stereocenters.